The fourth-order valence-corrected chi connectivity index (χ4v) is 9.37. The van der Waals surface area contributed by atoms with E-state index in [-0.39, 0.29) is 68.1 Å². The highest BCUT2D eigenvalue weighted by Gasteiger charge is 2.29. The number of ether oxygens (including phenoxy) is 2. The van der Waals surface area contributed by atoms with E-state index in [0.717, 1.165) is 25.7 Å². The molecular formula is C52H51BrCl2N10O7S2. The van der Waals surface area contributed by atoms with Gasteiger partial charge in [0.25, 0.3) is 5.91 Å². The van der Waals surface area contributed by atoms with Gasteiger partial charge in [-0.25, -0.2) is 19.6 Å². The molecule has 6 aromatic rings. The van der Waals surface area contributed by atoms with Crippen molar-refractivity contribution >= 4 is 110 Å². The standard InChI is InChI=1S/C26H24ClN5O3S.C22H19ClN4O2S.C4H7NO2.BrH/c27-20-13-17(24(33)29-21-11-12-35-25(21)34)14-28-23(20)31-32-26(36)30-22-18-7-3-1-5-15(18)9-10-16-6-2-4-8-19(16)22;23-18-11-15(21(28)29)12-24-20(18)26-27-22(30)25-19-16-7-3-1-5-13(16)9-10-14-6-2-4-8-17(14)19;5-3-1-2-7-4(3)6;/h1-8,13-14,21-22H,9-12H2,(H,28,31)(H,29,33)(H2,30,32,36);1-8,11-12,19H,9-10H2,(H,24,26)(H,28,29)(H2,25,27,30);3H,1-2,5H2;1H. The van der Waals surface area contributed by atoms with Crippen molar-refractivity contribution in [3.05, 3.63) is 187 Å². The Morgan fingerprint density at radius 1 is 0.595 bits per heavy atom. The van der Waals surface area contributed by atoms with Gasteiger partial charge in [0.05, 0.1) is 46.5 Å². The predicted molar refractivity (Wildman–Crippen MR) is 295 cm³/mol. The van der Waals surface area contributed by atoms with Crippen LogP contribution in [0.4, 0.5) is 11.6 Å². The van der Waals surface area contributed by atoms with E-state index in [9.17, 15) is 19.2 Å². The molecule has 2 aromatic heterocycles. The zero-order valence-electron chi connectivity index (χ0n) is 39.4. The van der Waals surface area contributed by atoms with Gasteiger partial charge in [0.15, 0.2) is 21.9 Å². The van der Waals surface area contributed by atoms with Crippen LogP contribution in [0.1, 0.15) is 90.1 Å². The van der Waals surface area contributed by atoms with E-state index in [1.54, 1.807) is 0 Å². The number of aromatic carboxylic acids is 1. The molecule has 2 unspecified atom stereocenters. The quantitative estimate of drug-likeness (QED) is 0.0389. The summed E-state index contributed by atoms with van der Waals surface area (Å²) >= 11 is 23.5. The molecule has 74 heavy (non-hydrogen) atoms. The molecular weight excluding hydrogens is 1090 g/mol. The van der Waals surface area contributed by atoms with Crippen LogP contribution in [0, 0.1) is 0 Å². The molecule has 2 aliphatic carbocycles. The first-order valence-corrected chi connectivity index (χ1v) is 24.8. The van der Waals surface area contributed by atoms with Gasteiger partial charge in [-0.15, -0.1) is 17.0 Å². The second-order valence-corrected chi connectivity index (χ2v) is 18.7. The predicted octanol–water partition coefficient (Wildman–Crippen LogP) is 7.41. The zero-order chi connectivity index (χ0) is 51.4. The van der Waals surface area contributed by atoms with Gasteiger partial charge >= 0.3 is 17.9 Å². The van der Waals surface area contributed by atoms with Crippen LogP contribution in [0.25, 0.3) is 0 Å². The minimum atomic E-state index is -1.09. The van der Waals surface area contributed by atoms with Crippen LogP contribution in [0.15, 0.2) is 122 Å². The third-order valence-electron chi connectivity index (χ3n) is 12.3. The number of esters is 2. The molecule has 2 aliphatic heterocycles. The third kappa shape index (κ3) is 13.8. The van der Waals surface area contributed by atoms with E-state index in [2.05, 4.69) is 125 Å². The van der Waals surface area contributed by atoms with Gasteiger partial charge in [0, 0.05) is 25.2 Å². The number of nitrogens with two attached hydrogens (primary N) is 1. The second kappa shape index (κ2) is 25.8. The van der Waals surface area contributed by atoms with Crippen molar-refractivity contribution in [3.8, 4) is 0 Å². The second-order valence-electron chi connectivity index (χ2n) is 17.1. The number of aryl methyl sites for hydroxylation is 4. The molecule has 1 amide bonds. The number of carboxylic acids is 1. The van der Waals surface area contributed by atoms with Gasteiger partial charge in [0.1, 0.15) is 12.1 Å². The number of cyclic esters (lactones) is 2. The summed E-state index contributed by atoms with van der Waals surface area (Å²) in [6.45, 7) is 0.795. The number of anilines is 2. The Morgan fingerprint density at radius 2 is 0.986 bits per heavy atom. The topological polar surface area (TPSA) is 243 Å². The first kappa shape index (κ1) is 54.8. The largest absolute Gasteiger partial charge is 0.478 e. The number of aromatic nitrogens is 2. The molecule has 0 spiro atoms. The molecule has 0 bridgehead atoms. The Balaban J connectivity index is 0.000000191. The average Bonchev–Trinajstić information content (AvgIpc) is 3.89. The van der Waals surface area contributed by atoms with E-state index >= 15 is 0 Å². The fraction of sp³-hybridized carbons (Fsp3) is 0.231. The van der Waals surface area contributed by atoms with Crippen LogP contribution in [-0.4, -0.2) is 74.4 Å². The van der Waals surface area contributed by atoms with Crippen molar-refractivity contribution in [1.82, 2.24) is 36.8 Å². The lowest BCUT2D eigenvalue weighted by molar-refractivity contribution is -0.140. The van der Waals surface area contributed by atoms with E-state index < -0.39 is 23.9 Å². The summed E-state index contributed by atoms with van der Waals surface area (Å²) in [5.74, 6) is -1.65. The monoisotopic (exact) mass is 1140 g/mol. The van der Waals surface area contributed by atoms with Crippen LogP contribution in [-0.2, 0) is 44.7 Å². The van der Waals surface area contributed by atoms with Crippen molar-refractivity contribution in [3.63, 3.8) is 0 Å². The highest BCUT2D eigenvalue weighted by molar-refractivity contribution is 8.93. The molecule has 4 aromatic carbocycles. The van der Waals surface area contributed by atoms with Crippen molar-refractivity contribution < 1.29 is 33.8 Å². The van der Waals surface area contributed by atoms with Crippen molar-refractivity contribution in [2.75, 3.05) is 24.1 Å². The number of carbonyl (C=O) groups is 4. The van der Waals surface area contributed by atoms with Crippen molar-refractivity contribution in [1.29, 1.82) is 0 Å². The Morgan fingerprint density at radius 3 is 1.34 bits per heavy atom. The summed E-state index contributed by atoms with van der Waals surface area (Å²) < 4.78 is 9.37. The van der Waals surface area contributed by atoms with Gasteiger partial charge in [-0.1, -0.05) is 120 Å². The number of thiocarbonyl (C=S) groups is 2. The molecule has 10 N–H and O–H groups in total. The highest BCUT2D eigenvalue weighted by atomic mass is 79.9. The van der Waals surface area contributed by atoms with Crippen LogP contribution in [0.3, 0.4) is 0 Å². The Kier molecular flexibility index (Phi) is 19.1. The lowest BCUT2D eigenvalue weighted by atomic mass is 9.95. The van der Waals surface area contributed by atoms with Crippen molar-refractivity contribution in [2.45, 2.75) is 62.7 Å². The summed E-state index contributed by atoms with van der Waals surface area (Å²) in [6, 6.07) is 35.0. The van der Waals surface area contributed by atoms with E-state index in [0.29, 0.717) is 42.1 Å². The van der Waals surface area contributed by atoms with Gasteiger partial charge in [0.2, 0.25) is 0 Å². The number of carbonyl (C=O) groups excluding carboxylic acids is 3. The number of amides is 1. The molecule has 384 valence electrons. The summed E-state index contributed by atoms with van der Waals surface area (Å²) in [7, 11) is 0. The number of halogens is 3. The first-order valence-electron chi connectivity index (χ1n) is 23.2. The maximum absolute atomic E-state index is 12.4. The molecule has 2 saturated heterocycles. The van der Waals surface area contributed by atoms with E-state index in [1.807, 2.05) is 24.3 Å². The zero-order valence-corrected chi connectivity index (χ0v) is 44.2. The highest BCUT2D eigenvalue weighted by Crippen LogP contribution is 2.34. The number of nitrogens with zero attached hydrogens (tertiary/aromatic N) is 2. The first-order chi connectivity index (χ1) is 35.3. The molecule has 0 radical (unpaired) electrons. The van der Waals surface area contributed by atoms with Crippen LogP contribution < -0.4 is 43.4 Å². The minimum absolute atomic E-state index is 0. The third-order valence-corrected chi connectivity index (χ3v) is 13.4. The Hall–Kier alpha value is -6.94. The molecule has 2 fully saturated rings. The number of fused-ring (bicyclic) bond motifs is 4. The Bertz CT molecular complexity index is 2970. The SMILES string of the molecule is Br.NC1CCOC1=O.O=C(NC1CCOC1=O)c1cnc(NNC(=S)NC2c3ccccc3CCc3ccccc32)c(Cl)c1.O=C(O)c1cnc(NNC(=S)NC2c3ccccc3CCc3ccccc32)c(Cl)c1. The van der Waals surface area contributed by atoms with Crippen LogP contribution in [0.2, 0.25) is 10.0 Å². The van der Waals surface area contributed by atoms with Gasteiger partial charge in [-0.05, 0) is 107 Å². The summed E-state index contributed by atoms with van der Waals surface area (Å²) in [4.78, 5) is 53.5. The van der Waals surface area contributed by atoms with Crippen LogP contribution >= 0.6 is 64.6 Å². The maximum atomic E-state index is 12.4. The Labute approximate surface area is 457 Å². The van der Waals surface area contributed by atoms with Gasteiger partial charge < -0.3 is 36.3 Å². The molecule has 10 rings (SSSR count). The smallest absolute Gasteiger partial charge is 0.337 e. The average molecular weight is 1140 g/mol. The summed E-state index contributed by atoms with van der Waals surface area (Å²) in [5.41, 5.74) is 26.9. The number of carboxylic acid groups (broad SMARTS) is 1. The number of pyridine rings is 2. The molecule has 0 saturated carbocycles. The lowest BCUT2D eigenvalue weighted by Crippen LogP contribution is -2.41. The van der Waals surface area contributed by atoms with Gasteiger partial charge in [-0.2, -0.15) is 0 Å². The molecule has 22 heteroatoms. The van der Waals surface area contributed by atoms with Crippen molar-refractivity contribution in [2.24, 2.45) is 5.73 Å². The number of hydrogen-bond donors (Lipinski definition) is 9. The molecule has 4 heterocycles. The van der Waals surface area contributed by atoms with Gasteiger partial charge in [-0.3, -0.25) is 31.3 Å². The van der Waals surface area contributed by atoms with E-state index in [4.69, 9.17) is 63.2 Å². The number of rotatable bonds is 9. The molecule has 4 aliphatic rings. The number of hydrazine groups is 2. The molecule has 2 atom stereocenters. The van der Waals surface area contributed by atoms with E-state index in [1.165, 1.54) is 69.0 Å². The maximum Gasteiger partial charge on any atom is 0.337 e. The fourth-order valence-electron chi connectivity index (χ4n) is 8.61. The number of nitrogens with one attached hydrogen (secondary N) is 7. The lowest BCUT2D eigenvalue weighted by Gasteiger charge is -2.24. The normalized spacial score (nSPS) is 16.2. The number of benzene rings is 4. The number of hydrogen-bond acceptors (Lipinski definition) is 13. The summed E-state index contributed by atoms with van der Waals surface area (Å²) in [5, 5.41) is 19.6. The minimum Gasteiger partial charge on any atom is -0.478 e. The van der Waals surface area contributed by atoms with Crippen LogP contribution in [0.5, 0.6) is 0 Å². The summed E-state index contributed by atoms with van der Waals surface area (Å²) in [6.07, 6.45) is 7.59. The molecule has 17 nitrogen and oxygen atoms in total.